The molecule has 0 saturated heterocycles. The zero-order valence-corrected chi connectivity index (χ0v) is 6.89. The van der Waals surface area contributed by atoms with E-state index in [0.717, 1.165) is 0 Å². The molecule has 0 fully saturated rings. The smallest absolute Gasteiger partial charge is 0.339 e. The number of nitrogens with zero attached hydrogens (tertiary/aromatic N) is 2. The summed E-state index contributed by atoms with van der Waals surface area (Å²) in [7, 11) is 0. The van der Waals surface area contributed by atoms with Gasteiger partial charge in [0.25, 0.3) is 0 Å². The van der Waals surface area contributed by atoms with E-state index in [0.29, 0.717) is 5.52 Å². The average molecular weight is 188 g/mol. The van der Waals surface area contributed by atoms with E-state index in [4.69, 9.17) is 14.8 Å². The Hall–Kier alpha value is -2.35. The number of fused-ring (bicyclic) bond motifs is 1. The van der Waals surface area contributed by atoms with Gasteiger partial charge < -0.3 is 9.52 Å². The highest BCUT2D eigenvalue weighted by atomic mass is 16.4. The number of para-hydroxylation sites is 1. The van der Waals surface area contributed by atoms with Crippen LogP contribution in [0.1, 0.15) is 16.2 Å². The maximum atomic E-state index is 10.7. The summed E-state index contributed by atoms with van der Waals surface area (Å²) in [5, 5.41) is 17.3. The third-order valence-electron chi connectivity index (χ3n) is 1.74. The van der Waals surface area contributed by atoms with E-state index >= 15 is 0 Å². The molecular formula is C9H4N2O3. The molecule has 0 aliphatic heterocycles. The minimum Gasteiger partial charge on any atom is -0.478 e. The van der Waals surface area contributed by atoms with Crippen LogP contribution in [0.3, 0.4) is 0 Å². The second kappa shape index (κ2) is 2.85. The molecule has 1 heterocycles. The topological polar surface area (TPSA) is 87.1 Å². The van der Waals surface area contributed by atoms with Crippen LogP contribution in [-0.2, 0) is 0 Å². The van der Waals surface area contributed by atoms with Gasteiger partial charge in [0.1, 0.15) is 11.1 Å². The number of aromatic carboxylic acids is 1. The number of oxazole rings is 1. The molecule has 1 N–H and O–H groups in total. The molecule has 1 aromatic heterocycles. The van der Waals surface area contributed by atoms with Crippen molar-refractivity contribution in [2.24, 2.45) is 0 Å². The third-order valence-corrected chi connectivity index (χ3v) is 1.74. The highest BCUT2D eigenvalue weighted by Crippen LogP contribution is 2.19. The Labute approximate surface area is 78.2 Å². The van der Waals surface area contributed by atoms with Gasteiger partial charge in [0.05, 0.1) is 0 Å². The van der Waals surface area contributed by atoms with Crippen molar-refractivity contribution in [1.82, 2.24) is 4.98 Å². The van der Waals surface area contributed by atoms with Crippen molar-refractivity contribution in [3.8, 4) is 6.07 Å². The Kier molecular flexibility index (Phi) is 1.68. The van der Waals surface area contributed by atoms with Crippen LogP contribution in [0.2, 0.25) is 0 Å². The molecule has 0 aliphatic carbocycles. The number of nitriles is 1. The Morgan fingerprint density at radius 1 is 1.57 bits per heavy atom. The lowest BCUT2D eigenvalue weighted by Gasteiger charge is -1.92. The van der Waals surface area contributed by atoms with E-state index in [1.165, 1.54) is 6.07 Å². The SMILES string of the molecule is N#Cc1nc2cccc(C(=O)O)c2o1. The van der Waals surface area contributed by atoms with Crippen molar-refractivity contribution >= 4 is 17.1 Å². The summed E-state index contributed by atoms with van der Waals surface area (Å²) in [5.74, 6) is -1.23. The van der Waals surface area contributed by atoms with Gasteiger partial charge in [-0.15, -0.1) is 0 Å². The first-order valence-electron chi connectivity index (χ1n) is 3.75. The second-order valence-corrected chi connectivity index (χ2v) is 2.59. The number of carboxylic acids is 1. The lowest BCUT2D eigenvalue weighted by Crippen LogP contribution is -1.95. The van der Waals surface area contributed by atoms with Gasteiger partial charge in [0.15, 0.2) is 11.7 Å². The lowest BCUT2D eigenvalue weighted by atomic mass is 10.2. The fourth-order valence-electron chi connectivity index (χ4n) is 1.17. The van der Waals surface area contributed by atoms with Gasteiger partial charge >= 0.3 is 11.9 Å². The summed E-state index contributed by atoms with van der Waals surface area (Å²) in [4.78, 5) is 14.5. The van der Waals surface area contributed by atoms with Crippen molar-refractivity contribution in [1.29, 1.82) is 5.26 Å². The van der Waals surface area contributed by atoms with E-state index in [1.54, 1.807) is 18.2 Å². The number of carboxylic acid groups (broad SMARTS) is 1. The van der Waals surface area contributed by atoms with Crippen LogP contribution in [-0.4, -0.2) is 16.1 Å². The Balaban J connectivity index is 2.81. The highest BCUT2D eigenvalue weighted by Gasteiger charge is 2.13. The molecule has 2 rings (SSSR count). The van der Waals surface area contributed by atoms with Crippen molar-refractivity contribution < 1.29 is 14.3 Å². The molecule has 2 aromatic rings. The number of rotatable bonds is 1. The second-order valence-electron chi connectivity index (χ2n) is 2.59. The number of carbonyl (C=O) groups is 1. The Morgan fingerprint density at radius 3 is 3.00 bits per heavy atom. The average Bonchev–Trinajstić information content (AvgIpc) is 2.59. The normalized spacial score (nSPS) is 9.93. The summed E-state index contributed by atoms with van der Waals surface area (Å²) in [6.07, 6.45) is 0. The molecule has 0 spiro atoms. The predicted molar refractivity (Wildman–Crippen MR) is 45.7 cm³/mol. The minimum atomic E-state index is -1.10. The van der Waals surface area contributed by atoms with Crippen molar-refractivity contribution in [2.45, 2.75) is 0 Å². The standard InChI is InChI=1S/C9H4N2O3/c10-4-7-11-6-3-1-2-5(9(12)13)8(6)14-7/h1-3H,(H,12,13). The minimum absolute atomic E-state index is 0.0106. The van der Waals surface area contributed by atoms with Gasteiger partial charge in [-0.1, -0.05) is 6.07 Å². The zero-order chi connectivity index (χ0) is 10.1. The molecule has 0 atom stereocenters. The van der Waals surface area contributed by atoms with Crippen LogP contribution in [0.5, 0.6) is 0 Å². The highest BCUT2D eigenvalue weighted by molar-refractivity contribution is 5.99. The first kappa shape index (κ1) is 8.26. The summed E-state index contributed by atoms with van der Waals surface area (Å²) >= 11 is 0. The maximum absolute atomic E-state index is 10.7. The van der Waals surface area contributed by atoms with Gasteiger partial charge in [-0.05, 0) is 12.1 Å². The monoisotopic (exact) mass is 188 g/mol. The number of hydrogen-bond donors (Lipinski definition) is 1. The van der Waals surface area contributed by atoms with Crippen LogP contribution in [0.15, 0.2) is 22.6 Å². The molecule has 14 heavy (non-hydrogen) atoms. The van der Waals surface area contributed by atoms with Crippen LogP contribution in [0.4, 0.5) is 0 Å². The van der Waals surface area contributed by atoms with Gasteiger partial charge in [0.2, 0.25) is 0 Å². The summed E-state index contributed by atoms with van der Waals surface area (Å²) in [6, 6.07) is 6.25. The van der Waals surface area contributed by atoms with Crippen LogP contribution < -0.4 is 0 Å². The number of benzene rings is 1. The maximum Gasteiger partial charge on any atom is 0.339 e. The van der Waals surface area contributed by atoms with E-state index in [2.05, 4.69) is 4.98 Å². The van der Waals surface area contributed by atoms with Gasteiger partial charge in [-0.2, -0.15) is 10.2 Å². The molecule has 5 heteroatoms. The Morgan fingerprint density at radius 2 is 2.36 bits per heavy atom. The largest absolute Gasteiger partial charge is 0.478 e. The third kappa shape index (κ3) is 1.10. The fraction of sp³-hybridized carbons (Fsp3) is 0. The molecule has 1 aromatic carbocycles. The summed E-state index contributed by atoms with van der Waals surface area (Å²) < 4.78 is 4.96. The zero-order valence-electron chi connectivity index (χ0n) is 6.89. The van der Waals surface area contributed by atoms with E-state index in [9.17, 15) is 4.79 Å². The molecule has 0 unspecified atom stereocenters. The van der Waals surface area contributed by atoms with Crippen molar-refractivity contribution in [3.05, 3.63) is 29.7 Å². The quantitative estimate of drug-likeness (QED) is 0.730. The fourth-order valence-corrected chi connectivity index (χ4v) is 1.17. The van der Waals surface area contributed by atoms with Crippen LogP contribution in [0, 0.1) is 11.3 Å². The lowest BCUT2D eigenvalue weighted by molar-refractivity contribution is 0.0698. The summed E-state index contributed by atoms with van der Waals surface area (Å²) in [6.45, 7) is 0. The van der Waals surface area contributed by atoms with Gasteiger partial charge in [-0.25, -0.2) is 4.79 Å². The number of hydrogen-bond acceptors (Lipinski definition) is 4. The van der Waals surface area contributed by atoms with Gasteiger partial charge in [-0.3, -0.25) is 0 Å². The van der Waals surface area contributed by atoms with E-state index in [1.807, 2.05) is 0 Å². The van der Waals surface area contributed by atoms with Crippen LogP contribution in [0.25, 0.3) is 11.1 Å². The molecule has 0 aliphatic rings. The molecule has 0 bridgehead atoms. The van der Waals surface area contributed by atoms with Crippen LogP contribution >= 0.6 is 0 Å². The van der Waals surface area contributed by atoms with Gasteiger partial charge in [0, 0.05) is 0 Å². The van der Waals surface area contributed by atoms with E-state index < -0.39 is 5.97 Å². The van der Waals surface area contributed by atoms with Crippen molar-refractivity contribution in [3.63, 3.8) is 0 Å². The summed E-state index contributed by atoms with van der Waals surface area (Å²) in [5.41, 5.74) is 0.523. The molecule has 5 nitrogen and oxygen atoms in total. The Bertz CT molecular complexity index is 551. The number of aromatic nitrogens is 1. The molecule has 0 radical (unpaired) electrons. The molecule has 0 saturated carbocycles. The van der Waals surface area contributed by atoms with E-state index in [-0.39, 0.29) is 17.0 Å². The first-order chi connectivity index (χ1) is 6.72. The first-order valence-corrected chi connectivity index (χ1v) is 3.75. The molecular weight excluding hydrogens is 184 g/mol. The predicted octanol–water partition coefficient (Wildman–Crippen LogP) is 1.40. The van der Waals surface area contributed by atoms with Crippen molar-refractivity contribution in [2.75, 3.05) is 0 Å². The molecule has 68 valence electrons. The molecule has 0 amide bonds.